The zero-order valence-corrected chi connectivity index (χ0v) is 15.7. The number of aliphatic hydroxyl groups is 1. The molecule has 2 aromatic carbocycles. The Morgan fingerprint density at radius 1 is 1.10 bits per heavy atom. The number of β-amino-alcohol motifs (C(OH)–C–C–N with tert-alkyl or cyclic N) is 1. The smallest absolute Gasteiger partial charge is 0.416 e. The summed E-state index contributed by atoms with van der Waals surface area (Å²) >= 11 is 0. The summed E-state index contributed by atoms with van der Waals surface area (Å²) in [6.07, 6.45) is -5.76. The first-order chi connectivity index (χ1) is 14.0. The first kappa shape index (κ1) is 21.6. The van der Waals surface area contributed by atoms with Crippen LogP contribution in [0.25, 0.3) is 0 Å². The number of carbonyl (C=O) groups excluding carboxylic acids is 2. The summed E-state index contributed by atoms with van der Waals surface area (Å²) in [5, 5.41) is 12.6. The van der Waals surface area contributed by atoms with Crippen molar-refractivity contribution in [3.8, 4) is 5.75 Å². The minimum absolute atomic E-state index is 0.174. The molecule has 2 atom stereocenters. The number of nitrogens with zero attached hydrogens (tertiary/aromatic N) is 1. The number of amides is 3. The maximum atomic E-state index is 12.9. The van der Waals surface area contributed by atoms with Crippen LogP contribution in [0.2, 0.25) is 0 Å². The molecule has 160 valence electrons. The average Bonchev–Trinajstić information content (AvgIpc) is 2.91. The predicted molar refractivity (Wildman–Crippen MR) is 96.9 cm³/mol. The SMILES string of the molecule is CC1(c2ccc(C(F)(F)F)cc2)NC(=O)N(CC(O)COc2ccc(F)cc2)C1=O. The molecule has 1 heterocycles. The molecule has 10 heteroatoms. The molecule has 0 aliphatic carbocycles. The van der Waals surface area contributed by atoms with Crippen molar-refractivity contribution in [2.45, 2.75) is 24.7 Å². The summed E-state index contributed by atoms with van der Waals surface area (Å²) in [6, 6.07) is 8.18. The first-order valence-electron chi connectivity index (χ1n) is 8.89. The molecule has 0 spiro atoms. The highest BCUT2D eigenvalue weighted by molar-refractivity contribution is 6.07. The lowest BCUT2D eigenvalue weighted by Gasteiger charge is -2.23. The van der Waals surface area contributed by atoms with Gasteiger partial charge in [0.15, 0.2) is 0 Å². The van der Waals surface area contributed by atoms with Gasteiger partial charge in [-0.1, -0.05) is 12.1 Å². The van der Waals surface area contributed by atoms with E-state index in [1.165, 1.54) is 31.2 Å². The Hall–Kier alpha value is -3.14. The number of benzene rings is 2. The van der Waals surface area contributed by atoms with E-state index in [-0.39, 0.29) is 18.7 Å². The Morgan fingerprint density at radius 3 is 2.27 bits per heavy atom. The molecule has 6 nitrogen and oxygen atoms in total. The number of aliphatic hydroxyl groups excluding tert-OH is 1. The van der Waals surface area contributed by atoms with Crippen LogP contribution in [0, 0.1) is 5.82 Å². The molecule has 1 aliphatic heterocycles. The summed E-state index contributed by atoms with van der Waals surface area (Å²) < 4.78 is 56.4. The van der Waals surface area contributed by atoms with Crippen LogP contribution in [0.15, 0.2) is 48.5 Å². The molecule has 0 bridgehead atoms. The molecule has 0 saturated carbocycles. The molecular weight excluding hydrogens is 408 g/mol. The second-order valence-corrected chi connectivity index (χ2v) is 6.96. The maximum Gasteiger partial charge on any atom is 0.416 e. The van der Waals surface area contributed by atoms with E-state index in [2.05, 4.69) is 5.32 Å². The fourth-order valence-electron chi connectivity index (χ4n) is 3.04. The molecule has 1 fully saturated rings. The number of halogens is 4. The summed E-state index contributed by atoms with van der Waals surface area (Å²) in [6.45, 7) is 0.721. The molecule has 2 unspecified atom stereocenters. The fraction of sp³-hybridized carbons (Fsp3) is 0.300. The monoisotopic (exact) mass is 426 g/mol. The quantitative estimate of drug-likeness (QED) is 0.550. The summed E-state index contributed by atoms with van der Waals surface area (Å²) in [5.41, 5.74) is -2.27. The van der Waals surface area contributed by atoms with Gasteiger partial charge in [0.1, 0.15) is 29.8 Å². The van der Waals surface area contributed by atoms with E-state index in [0.29, 0.717) is 5.75 Å². The van der Waals surface area contributed by atoms with Crippen molar-refractivity contribution in [1.29, 1.82) is 0 Å². The molecule has 0 radical (unpaired) electrons. The number of hydrogen-bond acceptors (Lipinski definition) is 4. The van der Waals surface area contributed by atoms with Gasteiger partial charge in [-0.05, 0) is 48.9 Å². The van der Waals surface area contributed by atoms with Gasteiger partial charge in [-0.2, -0.15) is 13.2 Å². The third kappa shape index (κ3) is 4.38. The number of urea groups is 1. The van der Waals surface area contributed by atoms with Crippen LogP contribution in [-0.4, -0.2) is 41.2 Å². The van der Waals surface area contributed by atoms with Gasteiger partial charge in [-0.3, -0.25) is 9.69 Å². The van der Waals surface area contributed by atoms with Crippen LogP contribution in [-0.2, 0) is 16.5 Å². The molecule has 0 aromatic heterocycles. The minimum Gasteiger partial charge on any atom is -0.491 e. The van der Waals surface area contributed by atoms with Gasteiger partial charge < -0.3 is 15.2 Å². The van der Waals surface area contributed by atoms with E-state index in [0.717, 1.165) is 29.2 Å². The average molecular weight is 426 g/mol. The van der Waals surface area contributed by atoms with E-state index in [4.69, 9.17) is 4.74 Å². The van der Waals surface area contributed by atoms with E-state index in [1.54, 1.807) is 0 Å². The van der Waals surface area contributed by atoms with Crippen molar-refractivity contribution >= 4 is 11.9 Å². The van der Waals surface area contributed by atoms with E-state index in [9.17, 15) is 32.3 Å². The van der Waals surface area contributed by atoms with Crippen molar-refractivity contribution in [1.82, 2.24) is 10.2 Å². The van der Waals surface area contributed by atoms with Crippen molar-refractivity contribution in [3.63, 3.8) is 0 Å². The minimum atomic E-state index is -4.52. The second kappa shape index (κ2) is 7.94. The zero-order valence-electron chi connectivity index (χ0n) is 15.7. The molecular formula is C20H18F4N2O4. The van der Waals surface area contributed by atoms with E-state index >= 15 is 0 Å². The van der Waals surface area contributed by atoms with Crippen molar-refractivity contribution in [2.75, 3.05) is 13.2 Å². The molecule has 30 heavy (non-hydrogen) atoms. The molecule has 1 saturated heterocycles. The lowest BCUT2D eigenvalue weighted by atomic mass is 9.91. The Kier molecular flexibility index (Phi) is 5.71. The van der Waals surface area contributed by atoms with Crippen LogP contribution in [0.1, 0.15) is 18.1 Å². The largest absolute Gasteiger partial charge is 0.491 e. The van der Waals surface area contributed by atoms with Crippen LogP contribution in [0.4, 0.5) is 22.4 Å². The molecule has 1 aliphatic rings. The van der Waals surface area contributed by atoms with Gasteiger partial charge in [0.05, 0.1) is 12.1 Å². The Labute approximate surface area is 169 Å². The summed E-state index contributed by atoms with van der Waals surface area (Å²) in [4.78, 5) is 25.8. The second-order valence-electron chi connectivity index (χ2n) is 6.96. The highest BCUT2D eigenvalue weighted by Gasteiger charge is 2.49. The number of nitrogens with one attached hydrogen (secondary N) is 1. The Balaban J connectivity index is 1.66. The van der Waals surface area contributed by atoms with Crippen molar-refractivity contribution < 1.29 is 37.0 Å². The predicted octanol–water partition coefficient (Wildman–Crippen LogP) is 3.05. The number of ether oxygens (including phenoxy) is 1. The van der Waals surface area contributed by atoms with Gasteiger partial charge in [0.2, 0.25) is 0 Å². The summed E-state index contributed by atoms with van der Waals surface area (Å²) in [5.74, 6) is -0.875. The van der Waals surface area contributed by atoms with Crippen LogP contribution < -0.4 is 10.1 Å². The van der Waals surface area contributed by atoms with E-state index in [1.807, 2.05) is 0 Å². The standard InChI is InChI=1S/C20H18F4N2O4/c1-19(12-2-4-13(5-3-12)20(22,23)24)17(28)26(18(29)25-19)10-15(27)11-30-16-8-6-14(21)7-9-16/h2-9,15,27H,10-11H2,1H3,(H,25,29). The van der Waals surface area contributed by atoms with Gasteiger partial charge in [0.25, 0.3) is 5.91 Å². The zero-order chi connectivity index (χ0) is 22.1. The van der Waals surface area contributed by atoms with E-state index < -0.39 is 41.1 Å². The number of carbonyl (C=O) groups is 2. The highest BCUT2D eigenvalue weighted by Crippen LogP contribution is 2.33. The molecule has 3 rings (SSSR count). The third-order valence-electron chi connectivity index (χ3n) is 4.71. The van der Waals surface area contributed by atoms with Crippen LogP contribution in [0.5, 0.6) is 5.75 Å². The van der Waals surface area contributed by atoms with Gasteiger partial charge in [-0.25, -0.2) is 9.18 Å². The molecule has 3 amide bonds. The Bertz CT molecular complexity index is 931. The van der Waals surface area contributed by atoms with Crippen LogP contribution >= 0.6 is 0 Å². The normalized spacial score (nSPS) is 20.3. The topological polar surface area (TPSA) is 78.9 Å². The Morgan fingerprint density at radius 2 is 1.70 bits per heavy atom. The van der Waals surface area contributed by atoms with Gasteiger partial charge >= 0.3 is 12.2 Å². The number of hydrogen-bond donors (Lipinski definition) is 2. The summed E-state index contributed by atoms with van der Waals surface area (Å²) in [7, 11) is 0. The van der Waals surface area contributed by atoms with Crippen molar-refractivity contribution in [3.05, 3.63) is 65.5 Å². The lowest BCUT2D eigenvalue weighted by molar-refractivity contribution is -0.137. The maximum absolute atomic E-state index is 12.9. The van der Waals surface area contributed by atoms with Crippen LogP contribution in [0.3, 0.4) is 0 Å². The van der Waals surface area contributed by atoms with Gasteiger partial charge in [0, 0.05) is 0 Å². The molecule has 2 N–H and O–H groups in total. The third-order valence-corrected chi connectivity index (χ3v) is 4.71. The molecule has 2 aromatic rings. The fourth-order valence-corrected chi connectivity index (χ4v) is 3.04. The van der Waals surface area contributed by atoms with Crippen molar-refractivity contribution in [2.24, 2.45) is 0 Å². The first-order valence-corrected chi connectivity index (χ1v) is 8.89. The highest BCUT2D eigenvalue weighted by atomic mass is 19.4. The number of imide groups is 1. The lowest BCUT2D eigenvalue weighted by Crippen LogP contribution is -2.42. The number of alkyl halides is 3. The van der Waals surface area contributed by atoms with Gasteiger partial charge in [-0.15, -0.1) is 0 Å². The number of rotatable bonds is 6.